The van der Waals surface area contributed by atoms with E-state index in [1.165, 1.54) is 14.2 Å². The number of halogens is 2. The third-order valence-corrected chi connectivity index (χ3v) is 8.69. The fourth-order valence-corrected chi connectivity index (χ4v) is 6.65. The molecule has 6 nitrogen and oxygen atoms in total. The molecule has 0 aliphatic rings. The van der Waals surface area contributed by atoms with Crippen LogP contribution < -0.4 is 9.47 Å². The molecule has 0 aliphatic heterocycles. The molecule has 0 saturated heterocycles. The number of nitrogens with zero attached hydrogens (tertiary/aromatic N) is 1. The number of hydrogen-bond acceptors (Lipinski definition) is 5. The summed E-state index contributed by atoms with van der Waals surface area (Å²) in [6, 6.07) is 19.6. The normalized spacial score (nSPS) is 12.1. The van der Waals surface area contributed by atoms with Crippen molar-refractivity contribution < 1.29 is 24.2 Å². The monoisotopic (exact) mass is 584 g/mol. The second kappa shape index (κ2) is 11.3. The summed E-state index contributed by atoms with van der Waals surface area (Å²) in [4.78, 5) is 29.9. The summed E-state index contributed by atoms with van der Waals surface area (Å²) < 4.78 is 9.53. The number of carboxylic acids is 1. The van der Waals surface area contributed by atoms with Gasteiger partial charge in [-0.05, 0) is 0 Å². The number of carbonyl (C=O) groups excluding carboxylic acids is 1. The van der Waals surface area contributed by atoms with Gasteiger partial charge in [0.25, 0.3) is 0 Å². The van der Waals surface area contributed by atoms with Crippen LogP contribution in [0, 0.1) is 0 Å². The first kappa shape index (κ1) is 26.0. The first-order valence-corrected chi connectivity index (χ1v) is 13.6. The zero-order valence-corrected chi connectivity index (χ0v) is 22.8. The van der Waals surface area contributed by atoms with Gasteiger partial charge in [-0.15, -0.1) is 0 Å². The molecule has 183 valence electrons. The molecule has 0 amide bonds. The van der Waals surface area contributed by atoms with E-state index in [2.05, 4.69) is 4.98 Å². The molecule has 1 radical (unpaired) electrons. The quantitative estimate of drug-likeness (QED) is 0.236. The molecule has 1 atom stereocenters. The predicted molar refractivity (Wildman–Crippen MR) is 142 cm³/mol. The molecule has 0 spiro atoms. The van der Waals surface area contributed by atoms with Crippen molar-refractivity contribution in [1.29, 1.82) is 0 Å². The number of benzene rings is 3. The van der Waals surface area contributed by atoms with Crippen LogP contribution in [-0.4, -0.2) is 50.6 Å². The van der Waals surface area contributed by atoms with Crippen molar-refractivity contribution in [1.82, 2.24) is 4.98 Å². The van der Waals surface area contributed by atoms with E-state index in [0.717, 1.165) is 16.5 Å². The van der Waals surface area contributed by atoms with Crippen molar-refractivity contribution in [2.75, 3.05) is 14.2 Å². The molecule has 9 heteroatoms. The first-order valence-electron chi connectivity index (χ1n) is 10.9. The zero-order valence-electron chi connectivity index (χ0n) is 19.4. The Hall–Kier alpha value is -3.05. The fourth-order valence-electron chi connectivity index (χ4n) is 3.86. The van der Waals surface area contributed by atoms with E-state index in [1.54, 1.807) is 36.4 Å². The van der Waals surface area contributed by atoms with E-state index in [9.17, 15) is 14.7 Å². The van der Waals surface area contributed by atoms with Crippen LogP contribution in [0.1, 0.15) is 15.9 Å². The van der Waals surface area contributed by atoms with E-state index >= 15 is 0 Å². The molecular formula is C27H21AsCl2NO5. The number of carbonyl (C=O) groups is 2. The minimum absolute atomic E-state index is 0.215. The number of hydrogen-bond donors (Lipinski definition) is 1. The summed E-state index contributed by atoms with van der Waals surface area (Å²) in [7, 11) is 2.93. The van der Waals surface area contributed by atoms with Gasteiger partial charge < -0.3 is 0 Å². The summed E-state index contributed by atoms with van der Waals surface area (Å²) in [6.45, 7) is 0. The van der Waals surface area contributed by atoms with Crippen LogP contribution in [0.4, 0.5) is 0 Å². The number of aliphatic carboxylic acids is 1. The van der Waals surface area contributed by atoms with Gasteiger partial charge in [-0.25, -0.2) is 0 Å². The number of pyridine rings is 1. The van der Waals surface area contributed by atoms with Crippen LogP contribution in [0.2, 0.25) is 14.8 Å². The molecule has 1 heterocycles. The number of rotatable bonds is 9. The first-order chi connectivity index (χ1) is 17.3. The Kier molecular flexibility index (Phi) is 8.20. The van der Waals surface area contributed by atoms with Gasteiger partial charge in [0.1, 0.15) is 0 Å². The van der Waals surface area contributed by atoms with Crippen LogP contribution in [0.3, 0.4) is 0 Å². The summed E-state index contributed by atoms with van der Waals surface area (Å²) in [5.74, 6) is -0.283. The SMILES string of the molecule is COc1cccc(OC)c1C(=O)[As]C(Cc1ccc2nc(-c3c(Cl)cccc3Cl)ccc2c1)C(=O)O. The number of ether oxygens (including phenoxy) is 2. The zero-order chi connectivity index (χ0) is 25.8. The predicted octanol–water partition coefficient (Wildman–Crippen LogP) is 6.19. The standard InChI is InChI=1S/C27H21AsCl2NO5/c1-35-22-7-4-8-23(36-2)25(22)26(32)28-17(27(33)34)14-15-9-11-20-16(13-15)10-12-21(31-20)24-18(29)5-3-6-19(24)30/h3-13,17H,14H2,1-2H3,(H,33,34). The van der Waals surface area contributed by atoms with Gasteiger partial charge in [0.05, 0.1) is 0 Å². The maximum absolute atomic E-state index is 13.1. The van der Waals surface area contributed by atoms with Crippen molar-refractivity contribution in [2.24, 2.45) is 0 Å². The van der Waals surface area contributed by atoms with Gasteiger partial charge in [0, 0.05) is 0 Å². The maximum atomic E-state index is 13.1. The number of carboxylic acid groups (broad SMARTS) is 1. The molecule has 3 aromatic carbocycles. The van der Waals surface area contributed by atoms with Crippen molar-refractivity contribution in [3.05, 3.63) is 87.9 Å². The van der Waals surface area contributed by atoms with Gasteiger partial charge >= 0.3 is 226 Å². The van der Waals surface area contributed by atoms with Crippen LogP contribution >= 0.6 is 23.2 Å². The summed E-state index contributed by atoms with van der Waals surface area (Å²) in [5, 5.41) is 11.7. The van der Waals surface area contributed by atoms with E-state index in [-0.39, 0.29) is 16.6 Å². The van der Waals surface area contributed by atoms with Gasteiger partial charge in [-0.2, -0.15) is 0 Å². The Morgan fingerprint density at radius 1 is 0.944 bits per heavy atom. The Balaban J connectivity index is 1.59. The molecule has 1 aromatic heterocycles. The van der Waals surface area contributed by atoms with Gasteiger partial charge in [0.15, 0.2) is 0 Å². The van der Waals surface area contributed by atoms with E-state index in [0.29, 0.717) is 32.8 Å². The summed E-state index contributed by atoms with van der Waals surface area (Å²) in [6.07, 6.45) is 0.215. The van der Waals surface area contributed by atoms with Crippen molar-refractivity contribution in [3.8, 4) is 22.8 Å². The second-order valence-corrected chi connectivity index (χ2v) is 11.4. The topological polar surface area (TPSA) is 85.7 Å². The molecule has 36 heavy (non-hydrogen) atoms. The average molecular weight is 585 g/mol. The van der Waals surface area contributed by atoms with Gasteiger partial charge in [-0.1, -0.05) is 0 Å². The molecule has 0 bridgehead atoms. The van der Waals surface area contributed by atoms with Crippen molar-refractivity contribution >= 4 is 60.4 Å². The molecular weight excluding hydrogens is 564 g/mol. The molecule has 0 saturated carbocycles. The van der Waals surface area contributed by atoms with Crippen molar-refractivity contribution in [3.63, 3.8) is 0 Å². The van der Waals surface area contributed by atoms with Crippen molar-refractivity contribution in [2.45, 2.75) is 11.1 Å². The van der Waals surface area contributed by atoms with E-state index in [1.807, 2.05) is 30.3 Å². The fraction of sp³-hybridized carbons (Fsp3) is 0.148. The molecule has 0 fully saturated rings. The van der Waals surface area contributed by atoms with Crippen LogP contribution in [0.15, 0.2) is 66.7 Å². The Morgan fingerprint density at radius 2 is 1.58 bits per heavy atom. The Labute approximate surface area is 224 Å². The molecule has 1 N–H and O–H groups in total. The number of methoxy groups -OCH3 is 2. The molecule has 0 aliphatic carbocycles. The molecule has 4 aromatic rings. The second-order valence-electron chi connectivity index (χ2n) is 7.85. The van der Waals surface area contributed by atoms with Gasteiger partial charge in [0.2, 0.25) is 0 Å². The van der Waals surface area contributed by atoms with E-state index < -0.39 is 26.4 Å². The van der Waals surface area contributed by atoms with Crippen LogP contribution in [0.5, 0.6) is 11.5 Å². The van der Waals surface area contributed by atoms with Crippen LogP contribution in [-0.2, 0) is 11.2 Å². The Bertz CT molecular complexity index is 1420. The number of fused-ring (bicyclic) bond motifs is 1. The summed E-state index contributed by atoms with van der Waals surface area (Å²) in [5.41, 5.74) is 3.11. The third kappa shape index (κ3) is 5.51. The average Bonchev–Trinajstić information content (AvgIpc) is 2.87. The van der Waals surface area contributed by atoms with Gasteiger partial charge in [-0.3, -0.25) is 0 Å². The Morgan fingerprint density at radius 3 is 2.19 bits per heavy atom. The number of aromatic nitrogens is 1. The summed E-state index contributed by atoms with van der Waals surface area (Å²) >= 11 is 11.4. The van der Waals surface area contributed by atoms with E-state index in [4.69, 9.17) is 32.7 Å². The third-order valence-electron chi connectivity index (χ3n) is 5.60. The molecule has 4 rings (SSSR count). The van der Waals surface area contributed by atoms with Crippen LogP contribution in [0.25, 0.3) is 22.2 Å². The minimum atomic E-state index is -1.24. The molecule has 1 unspecified atom stereocenters.